The first-order valence-electron chi connectivity index (χ1n) is 8.16. The van der Waals surface area contributed by atoms with Crippen LogP contribution < -0.4 is 0 Å². The Labute approximate surface area is 134 Å². The Morgan fingerprint density at radius 2 is 1.95 bits per heavy atom. The summed E-state index contributed by atoms with van der Waals surface area (Å²) >= 11 is 0. The van der Waals surface area contributed by atoms with E-state index in [2.05, 4.69) is 43.0 Å². The summed E-state index contributed by atoms with van der Waals surface area (Å²) in [6.45, 7) is 9.52. The van der Waals surface area contributed by atoms with Gasteiger partial charge in [0.2, 0.25) is 10.0 Å². The Balaban J connectivity index is 1.93. The molecule has 0 radical (unpaired) electrons. The Hall–Kier alpha value is -0.910. The van der Waals surface area contributed by atoms with Gasteiger partial charge < -0.3 is 0 Å². The van der Waals surface area contributed by atoms with Crippen LogP contribution in [-0.4, -0.2) is 49.6 Å². The fraction of sp³-hybridized carbons (Fsp3) is 0.647. The van der Waals surface area contributed by atoms with E-state index in [0.29, 0.717) is 19.5 Å². The van der Waals surface area contributed by atoms with E-state index in [1.165, 1.54) is 11.1 Å². The molecule has 0 amide bonds. The Morgan fingerprint density at radius 1 is 1.23 bits per heavy atom. The van der Waals surface area contributed by atoms with Crippen molar-refractivity contribution in [1.29, 1.82) is 0 Å². The van der Waals surface area contributed by atoms with Crippen molar-refractivity contribution in [1.82, 2.24) is 9.21 Å². The molecule has 1 aromatic carbocycles. The first-order valence-corrected chi connectivity index (χ1v) is 9.77. The number of benzene rings is 1. The predicted octanol–water partition coefficient (Wildman–Crippen LogP) is 2.38. The molecular formula is C17H26N2O2S. The van der Waals surface area contributed by atoms with Gasteiger partial charge in [0, 0.05) is 37.6 Å². The van der Waals surface area contributed by atoms with Crippen molar-refractivity contribution in [3.8, 4) is 0 Å². The molecule has 0 bridgehead atoms. The van der Waals surface area contributed by atoms with Crippen LogP contribution in [0.3, 0.4) is 0 Å². The summed E-state index contributed by atoms with van der Waals surface area (Å²) in [6.07, 6.45) is 0.677. The van der Waals surface area contributed by atoms with Gasteiger partial charge in [0.1, 0.15) is 0 Å². The lowest BCUT2D eigenvalue weighted by Crippen LogP contribution is -2.56. The van der Waals surface area contributed by atoms with Crippen LogP contribution in [-0.2, 0) is 15.4 Å². The molecule has 1 saturated heterocycles. The summed E-state index contributed by atoms with van der Waals surface area (Å²) in [4.78, 5) is 2.46. The zero-order chi connectivity index (χ0) is 16.0. The minimum Gasteiger partial charge on any atom is -0.293 e. The van der Waals surface area contributed by atoms with Crippen LogP contribution in [0.2, 0.25) is 0 Å². The van der Waals surface area contributed by atoms with Crippen LogP contribution in [0.4, 0.5) is 0 Å². The van der Waals surface area contributed by atoms with Crippen molar-refractivity contribution >= 4 is 10.0 Å². The number of rotatable bonds is 3. The first-order chi connectivity index (χ1) is 10.3. The molecule has 2 aliphatic rings. The van der Waals surface area contributed by atoms with Gasteiger partial charge in [0.05, 0.1) is 5.75 Å². The third-order valence-electron chi connectivity index (χ3n) is 4.96. The smallest absolute Gasteiger partial charge is 0.214 e. The Bertz CT molecular complexity index is 654. The molecule has 0 aromatic heterocycles. The van der Waals surface area contributed by atoms with Crippen molar-refractivity contribution in [3.05, 3.63) is 35.4 Å². The molecule has 2 aliphatic heterocycles. The molecular weight excluding hydrogens is 296 g/mol. The second-order valence-corrected chi connectivity index (χ2v) is 9.22. The monoisotopic (exact) mass is 322 g/mol. The SMILES string of the molecule is CCCS(=O)(=O)N1CCN2CC(C)(C)c3ccccc3C2C1. The zero-order valence-electron chi connectivity index (χ0n) is 13.7. The molecule has 0 spiro atoms. The van der Waals surface area contributed by atoms with Crippen molar-refractivity contribution in [3.63, 3.8) is 0 Å². The van der Waals surface area contributed by atoms with Gasteiger partial charge in [0.15, 0.2) is 0 Å². The molecule has 3 rings (SSSR count). The lowest BCUT2D eigenvalue weighted by molar-refractivity contribution is 0.0808. The fourth-order valence-corrected chi connectivity index (χ4v) is 5.42. The molecule has 0 N–H and O–H groups in total. The molecule has 5 heteroatoms. The van der Waals surface area contributed by atoms with Gasteiger partial charge in [0.25, 0.3) is 0 Å². The number of hydrogen-bond donors (Lipinski definition) is 0. The maximum absolute atomic E-state index is 12.4. The highest BCUT2D eigenvalue weighted by Crippen LogP contribution is 2.41. The van der Waals surface area contributed by atoms with E-state index in [4.69, 9.17) is 0 Å². The maximum Gasteiger partial charge on any atom is 0.214 e. The molecule has 22 heavy (non-hydrogen) atoms. The van der Waals surface area contributed by atoms with Gasteiger partial charge in [-0.2, -0.15) is 4.31 Å². The molecule has 1 fully saturated rings. The van der Waals surface area contributed by atoms with Crippen LogP contribution in [0, 0.1) is 0 Å². The Morgan fingerprint density at radius 3 is 2.68 bits per heavy atom. The third kappa shape index (κ3) is 2.70. The number of piperazine rings is 1. The summed E-state index contributed by atoms with van der Waals surface area (Å²) < 4.78 is 26.5. The lowest BCUT2D eigenvalue weighted by Gasteiger charge is -2.49. The molecule has 0 saturated carbocycles. The van der Waals surface area contributed by atoms with Crippen molar-refractivity contribution in [2.45, 2.75) is 38.6 Å². The number of hydrogen-bond acceptors (Lipinski definition) is 3. The fourth-order valence-electron chi connectivity index (χ4n) is 3.92. The van der Waals surface area contributed by atoms with Crippen molar-refractivity contribution in [2.75, 3.05) is 31.9 Å². The van der Waals surface area contributed by atoms with Crippen LogP contribution in [0.1, 0.15) is 44.4 Å². The predicted molar refractivity (Wildman–Crippen MR) is 89.4 cm³/mol. The van der Waals surface area contributed by atoms with Crippen molar-refractivity contribution < 1.29 is 8.42 Å². The van der Waals surface area contributed by atoms with E-state index in [0.717, 1.165) is 13.1 Å². The van der Waals surface area contributed by atoms with E-state index < -0.39 is 10.0 Å². The molecule has 1 unspecified atom stereocenters. The minimum absolute atomic E-state index is 0.123. The van der Waals surface area contributed by atoms with Crippen LogP contribution in [0.5, 0.6) is 0 Å². The summed E-state index contributed by atoms with van der Waals surface area (Å²) in [5.41, 5.74) is 2.79. The highest BCUT2D eigenvalue weighted by Gasteiger charge is 2.41. The van der Waals surface area contributed by atoms with E-state index in [1.807, 2.05) is 6.92 Å². The minimum atomic E-state index is -3.11. The van der Waals surface area contributed by atoms with Gasteiger partial charge in [-0.15, -0.1) is 0 Å². The highest BCUT2D eigenvalue weighted by atomic mass is 32.2. The number of fused-ring (bicyclic) bond motifs is 3. The largest absolute Gasteiger partial charge is 0.293 e. The van der Waals surface area contributed by atoms with Gasteiger partial charge in [-0.1, -0.05) is 45.0 Å². The van der Waals surface area contributed by atoms with Gasteiger partial charge in [-0.3, -0.25) is 4.90 Å². The first kappa shape index (κ1) is 16.0. The summed E-state index contributed by atoms with van der Waals surface area (Å²) in [7, 11) is -3.11. The summed E-state index contributed by atoms with van der Waals surface area (Å²) in [5, 5.41) is 0. The van der Waals surface area contributed by atoms with E-state index in [9.17, 15) is 8.42 Å². The molecule has 4 nitrogen and oxygen atoms in total. The summed E-state index contributed by atoms with van der Waals surface area (Å²) in [6, 6.07) is 8.73. The molecule has 1 aromatic rings. The van der Waals surface area contributed by atoms with Gasteiger partial charge >= 0.3 is 0 Å². The lowest BCUT2D eigenvalue weighted by atomic mass is 9.75. The normalized spacial score (nSPS) is 25.5. The number of nitrogens with zero attached hydrogens (tertiary/aromatic N) is 2. The van der Waals surface area contributed by atoms with Gasteiger partial charge in [-0.25, -0.2) is 8.42 Å². The Kier molecular flexibility index (Phi) is 4.08. The molecule has 122 valence electrons. The average Bonchev–Trinajstić information content (AvgIpc) is 2.46. The van der Waals surface area contributed by atoms with E-state index in [-0.39, 0.29) is 17.2 Å². The van der Waals surface area contributed by atoms with Crippen LogP contribution in [0.15, 0.2) is 24.3 Å². The topological polar surface area (TPSA) is 40.6 Å². The van der Waals surface area contributed by atoms with E-state index >= 15 is 0 Å². The summed E-state index contributed by atoms with van der Waals surface area (Å²) in [5.74, 6) is 0.257. The quantitative estimate of drug-likeness (QED) is 0.858. The van der Waals surface area contributed by atoms with Gasteiger partial charge in [-0.05, 0) is 17.5 Å². The molecule has 2 heterocycles. The van der Waals surface area contributed by atoms with Crippen LogP contribution >= 0.6 is 0 Å². The number of sulfonamides is 1. The standard InChI is InChI=1S/C17H26N2O2S/c1-4-11-22(20,21)19-10-9-18-13-17(2,3)15-8-6-5-7-14(15)16(18)12-19/h5-8,16H,4,9-13H2,1-3H3. The average molecular weight is 322 g/mol. The molecule has 1 atom stereocenters. The van der Waals surface area contributed by atoms with E-state index in [1.54, 1.807) is 4.31 Å². The second-order valence-electron chi connectivity index (χ2n) is 7.13. The van der Waals surface area contributed by atoms with Crippen molar-refractivity contribution in [2.24, 2.45) is 0 Å². The zero-order valence-corrected chi connectivity index (χ0v) is 14.6. The van der Waals surface area contributed by atoms with Crippen LogP contribution in [0.25, 0.3) is 0 Å². The third-order valence-corrected chi connectivity index (χ3v) is 7.00. The highest BCUT2D eigenvalue weighted by molar-refractivity contribution is 7.89. The molecule has 0 aliphatic carbocycles. The maximum atomic E-state index is 12.4. The second kappa shape index (κ2) is 5.62.